The maximum Gasteiger partial charge on any atom is 0.335 e. The van der Waals surface area contributed by atoms with Crippen LogP contribution in [-0.4, -0.2) is 35.5 Å². The number of nitrogens with one attached hydrogen (secondary N) is 1. The zero-order valence-corrected chi connectivity index (χ0v) is 15.4. The van der Waals surface area contributed by atoms with Crippen LogP contribution in [0.3, 0.4) is 0 Å². The molecule has 0 aromatic heterocycles. The summed E-state index contributed by atoms with van der Waals surface area (Å²) in [6, 6.07) is 9.24. The van der Waals surface area contributed by atoms with E-state index >= 15 is 0 Å². The molecule has 0 fully saturated rings. The fourth-order valence-electron chi connectivity index (χ4n) is 2.80. The van der Waals surface area contributed by atoms with Crippen molar-refractivity contribution in [3.8, 4) is 5.75 Å². The maximum absolute atomic E-state index is 12.5. The van der Waals surface area contributed by atoms with Crippen LogP contribution in [0.4, 0.5) is 11.4 Å². The summed E-state index contributed by atoms with van der Waals surface area (Å²) >= 11 is 5.91. The van der Waals surface area contributed by atoms with Crippen molar-refractivity contribution in [3.63, 3.8) is 0 Å². The van der Waals surface area contributed by atoms with Crippen LogP contribution in [0.15, 0.2) is 36.4 Å². The summed E-state index contributed by atoms with van der Waals surface area (Å²) in [6.45, 7) is 3.10. The number of ether oxygens (including phenoxy) is 1. The Hall–Kier alpha value is -3.06. The third-order valence-electron chi connectivity index (χ3n) is 4.18. The second kappa shape index (κ2) is 7.28. The Labute approximate surface area is 160 Å². The maximum atomic E-state index is 12.5. The lowest BCUT2D eigenvalue weighted by atomic mass is 10.1. The topological polar surface area (TPSA) is 95.9 Å². The monoisotopic (exact) mass is 388 g/mol. The largest absolute Gasteiger partial charge is 0.479 e. The van der Waals surface area contributed by atoms with Crippen LogP contribution < -0.4 is 15.0 Å². The molecule has 1 heterocycles. The number of rotatable bonds is 4. The first kappa shape index (κ1) is 18.7. The van der Waals surface area contributed by atoms with Crippen molar-refractivity contribution in [1.29, 1.82) is 0 Å². The number of aryl methyl sites for hydroxylation is 1. The molecule has 0 aliphatic carbocycles. The molecule has 7 nitrogen and oxygen atoms in total. The van der Waals surface area contributed by atoms with Crippen molar-refractivity contribution in [2.75, 3.05) is 16.8 Å². The van der Waals surface area contributed by atoms with Crippen LogP contribution in [0.1, 0.15) is 22.8 Å². The van der Waals surface area contributed by atoms with E-state index in [1.54, 1.807) is 32.0 Å². The standard InChI is InChI=1S/C19H17ClN2O5/c1-10-7-13(20)4-5-14(10)21-17(23)9-22-15-8-12(19(25)26)3-6-16(15)27-11(2)18(22)24/h3-8,11H,9H2,1-2H3,(H,21,23)(H,25,26). The van der Waals surface area contributed by atoms with E-state index in [9.17, 15) is 19.5 Å². The molecule has 27 heavy (non-hydrogen) atoms. The van der Waals surface area contributed by atoms with E-state index in [0.717, 1.165) is 5.56 Å². The van der Waals surface area contributed by atoms with Crippen LogP contribution in [0.25, 0.3) is 0 Å². The van der Waals surface area contributed by atoms with Gasteiger partial charge in [-0.25, -0.2) is 4.79 Å². The zero-order chi connectivity index (χ0) is 19.7. The lowest BCUT2D eigenvalue weighted by Crippen LogP contribution is -2.47. The van der Waals surface area contributed by atoms with Crippen molar-refractivity contribution < 1.29 is 24.2 Å². The van der Waals surface area contributed by atoms with Gasteiger partial charge in [0.2, 0.25) is 5.91 Å². The van der Waals surface area contributed by atoms with Crippen LogP contribution in [-0.2, 0) is 9.59 Å². The number of hydrogen-bond donors (Lipinski definition) is 2. The molecule has 8 heteroatoms. The van der Waals surface area contributed by atoms with Gasteiger partial charge in [0.05, 0.1) is 11.3 Å². The number of fused-ring (bicyclic) bond motifs is 1. The van der Waals surface area contributed by atoms with Gasteiger partial charge in [-0.05, 0) is 55.8 Å². The molecule has 140 valence electrons. The first-order valence-electron chi connectivity index (χ1n) is 8.17. The van der Waals surface area contributed by atoms with Crippen molar-refractivity contribution in [2.45, 2.75) is 20.0 Å². The zero-order valence-electron chi connectivity index (χ0n) is 14.7. The number of halogens is 1. The number of aromatic carboxylic acids is 1. The summed E-state index contributed by atoms with van der Waals surface area (Å²) < 4.78 is 5.51. The van der Waals surface area contributed by atoms with Crippen molar-refractivity contribution in [3.05, 3.63) is 52.5 Å². The Bertz CT molecular complexity index is 944. The van der Waals surface area contributed by atoms with E-state index in [1.807, 2.05) is 0 Å². The van der Waals surface area contributed by atoms with E-state index in [0.29, 0.717) is 16.5 Å². The predicted molar refractivity (Wildman–Crippen MR) is 101 cm³/mol. The summed E-state index contributed by atoms with van der Waals surface area (Å²) in [5.41, 5.74) is 1.61. The van der Waals surface area contributed by atoms with Gasteiger partial charge in [-0.2, -0.15) is 0 Å². The van der Waals surface area contributed by atoms with Crippen molar-refractivity contribution in [2.24, 2.45) is 0 Å². The molecule has 0 spiro atoms. The molecule has 1 unspecified atom stereocenters. The average molecular weight is 389 g/mol. The highest BCUT2D eigenvalue weighted by Crippen LogP contribution is 2.35. The Balaban J connectivity index is 1.87. The summed E-state index contributed by atoms with van der Waals surface area (Å²) in [7, 11) is 0. The first-order chi connectivity index (χ1) is 12.8. The van der Waals surface area contributed by atoms with Gasteiger partial charge in [-0.3, -0.25) is 14.5 Å². The van der Waals surface area contributed by atoms with E-state index in [-0.39, 0.29) is 17.8 Å². The summed E-state index contributed by atoms with van der Waals surface area (Å²) in [5, 5.41) is 12.5. The molecule has 2 N–H and O–H groups in total. The molecule has 1 aliphatic rings. The Morgan fingerprint density at radius 3 is 2.67 bits per heavy atom. The highest BCUT2D eigenvalue weighted by molar-refractivity contribution is 6.30. The number of carbonyl (C=O) groups is 3. The van der Waals surface area contributed by atoms with Gasteiger partial charge < -0.3 is 15.2 Å². The lowest BCUT2D eigenvalue weighted by Gasteiger charge is -2.32. The summed E-state index contributed by atoms with van der Waals surface area (Å²) in [4.78, 5) is 37.5. The Morgan fingerprint density at radius 1 is 1.26 bits per heavy atom. The number of carbonyl (C=O) groups excluding carboxylic acids is 2. The number of hydrogen-bond acceptors (Lipinski definition) is 4. The van der Waals surface area contributed by atoms with Gasteiger partial charge in [0.25, 0.3) is 5.91 Å². The molecular weight excluding hydrogens is 372 g/mol. The second-order valence-corrected chi connectivity index (χ2v) is 6.62. The molecule has 2 aromatic rings. The molecule has 3 rings (SSSR count). The quantitative estimate of drug-likeness (QED) is 0.839. The third kappa shape index (κ3) is 3.88. The molecule has 1 atom stereocenters. The predicted octanol–water partition coefficient (Wildman–Crippen LogP) is 3.10. The molecule has 2 amide bonds. The molecule has 0 saturated carbocycles. The fourth-order valence-corrected chi connectivity index (χ4v) is 3.03. The average Bonchev–Trinajstić information content (AvgIpc) is 2.61. The molecule has 0 radical (unpaired) electrons. The van der Waals surface area contributed by atoms with Gasteiger partial charge in [0.1, 0.15) is 12.3 Å². The minimum Gasteiger partial charge on any atom is -0.479 e. The number of nitrogens with zero attached hydrogens (tertiary/aromatic N) is 1. The lowest BCUT2D eigenvalue weighted by molar-refractivity contribution is -0.127. The highest BCUT2D eigenvalue weighted by atomic mass is 35.5. The molecule has 0 bridgehead atoms. The van der Waals surface area contributed by atoms with Gasteiger partial charge in [-0.1, -0.05) is 11.6 Å². The second-order valence-electron chi connectivity index (χ2n) is 6.18. The van der Waals surface area contributed by atoms with Crippen LogP contribution in [0.2, 0.25) is 5.02 Å². The number of amides is 2. The van der Waals surface area contributed by atoms with Gasteiger partial charge >= 0.3 is 5.97 Å². The highest BCUT2D eigenvalue weighted by Gasteiger charge is 2.33. The normalized spacial score (nSPS) is 15.7. The van der Waals surface area contributed by atoms with Gasteiger partial charge in [-0.15, -0.1) is 0 Å². The Kier molecular flexibility index (Phi) is 5.05. The van der Waals surface area contributed by atoms with Crippen LogP contribution >= 0.6 is 11.6 Å². The third-order valence-corrected chi connectivity index (χ3v) is 4.41. The number of carboxylic acid groups (broad SMARTS) is 1. The van der Waals surface area contributed by atoms with E-state index < -0.39 is 23.9 Å². The number of carboxylic acids is 1. The van der Waals surface area contributed by atoms with E-state index in [4.69, 9.17) is 16.3 Å². The molecule has 0 saturated heterocycles. The summed E-state index contributed by atoms with van der Waals surface area (Å²) in [6.07, 6.45) is -0.779. The smallest absolute Gasteiger partial charge is 0.335 e. The van der Waals surface area contributed by atoms with Crippen LogP contribution in [0.5, 0.6) is 5.75 Å². The number of anilines is 2. The minimum absolute atomic E-state index is 0.00124. The molecule has 2 aromatic carbocycles. The van der Waals surface area contributed by atoms with E-state index in [1.165, 1.54) is 23.1 Å². The fraction of sp³-hybridized carbons (Fsp3) is 0.211. The molecule has 1 aliphatic heterocycles. The van der Waals surface area contributed by atoms with Gasteiger partial charge in [0, 0.05) is 10.7 Å². The Morgan fingerprint density at radius 2 is 2.00 bits per heavy atom. The van der Waals surface area contributed by atoms with Crippen LogP contribution in [0, 0.1) is 6.92 Å². The van der Waals surface area contributed by atoms with Crippen molar-refractivity contribution >= 4 is 40.8 Å². The number of benzene rings is 2. The van der Waals surface area contributed by atoms with Crippen molar-refractivity contribution in [1.82, 2.24) is 0 Å². The summed E-state index contributed by atoms with van der Waals surface area (Å²) in [5.74, 6) is -1.63. The minimum atomic E-state index is -1.13. The van der Waals surface area contributed by atoms with E-state index in [2.05, 4.69) is 5.32 Å². The SMILES string of the molecule is Cc1cc(Cl)ccc1NC(=O)CN1C(=O)C(C)Oc2ccc(C(=O)O)cc21. The molecular formula is C19H17ClN2O5. The van der Waals surface area contributed by atoms with Gasteiger partial charge in [0.15, 0.2) is 6.10 Å². The first-order valence-corrected chi connectivity index (χ1v) is 8.55.